The quantitative estimate of drug-likeness (QED) is 0.531. The molecule has 1 N–H and O–H groups in total. The standard InChI is InChI=1S/C26H38N4OS/c1-3-9-20(2)18-29-16-12-21(13-17-29)26-28-23(19-32-26)25(31)27-22-10-5-6-11-24(22)30-14-7-4-8-15-30/h5-6,10-11,19-21H,3-4,7-9,12-18H2,1-2H3,(H,27,31). The third-order valence-electron chi connectivity index (χ3n) is 6.89. The van der Waals surface area contributed by atoms with Gasteiger partial charge in [-0.25, -0.2) is 4.98 Å². The van der Waals surface area contributed by atoms with E-state index < -0.39 is 0 Å². The predicted molar refractivity (Wildman–Crippen MR) is 135 cm³/mol. The number of benzene rings is 1. The molecule has 0 aliphatic carbocycles. The van der Waals surface area contributed by atoms with Gasteiger partial charge in [0.25, 0.3) is 5.91 Å². The average molecular weight is 455 g/mol. The molecule has 3 heterocycles. The number of piperidine rings is 2. The molecule has 1 aromatic heterocycles. The summed E-state index contributed by atoms with van der Waals surface area (Å²) in [6, 6.07) is 8.16. The number of anilines is 2. The smallest absolute Gasteiger partial charge is 0.275 e. The third-order valence-corrected chi connectivity index (χ3v) is 7.90. The number of hydrogen-bond acceptors (Lipinski definition) is 5. The van der Waals surface area contributed by atoms with Gasteiger partial charge < -0.3 is 15.1 Å². The van der Waals surface area contributed by atoms with Crippen LogP contribution < -0.4 is 10.2 Å². The molecule has 1 amide bonds. The molecule has 2 saturated heterocycles. The minimum Gasteiger partial charge on any atom is -0.370 e. The van der Waals surface area contributed by atoms with E-state index in [9.17, 15) is 4.79 Å². The zero-order chi connectivity index (χ0) is 22.3. The zero-order valence-corrected chi connectivity index (χ0v) is 20.5. The van der Waals surface area contributed by atoms with Crippen molar-refractivity contribution in [3.63, 3.8) is 0 Å². The Morgan fingerprint density at radius 1 is 1.16 bits per heavy atom. The van der Waals surface area contributed by atoms with Crippen LogP contribution in [0.1, 0.15) is 80.2 Å². The van der Waals surface area contributed by atoms with Crippen molar-refractivity contribution in [2.24, 2.45) is 5.92 Å². The topological polar surface area (TPSA) is 48.5 Å². The lowest BCUT2D eigenvalue weighted by Gasteiger charge is -2.32. The second kappa shape index (κ2) is 11.3. The third kappa shape index (κ3) is 5.90. The highest BCUT2D eigenvalue weighted by Crippen LogP contribution is 2.32. The van der Waals surface area contributed by atoms with Crippen molar-refractivity contribution < 1.29 is 4.79 Å². The minimum atomic E-state index is -0.0946. The van der Waals surface area contributed by atoms with E-state index in [-0.39, 0.29) is 5.91 Å². The molecule has 4 rings (SSSR count). The van der Waals surface area contributed by atoms with Crippen LogP contribution in [0.2, 0.25) is 0 Å². The van der Waals surface area contributed by atoms with E-state index in [1.54, 1.807) is 11.3 Å². The highest BCUT2D eigenvalue weighted by molar-refractivity contribution is 7.10. The van der Waals surface area contributed by atoms with Crippen molar-refractivity contribution in [1.29, 1.82) is 0 Å². The Bertz CT molecular complexity index is 868. The molecule has 0 spiro atoms. The molecule has 174 valence electrons. The first-order valence-electron chi connectivity index (χ1n) is 12.5. The zero-order valence-electron chi connectivity index (χ0n) is 19.7. The Morgan fingerprint density at radius 3 is 2.66 bits per heavy atom. The fourth-order valence-corrected chi connectivity index (χ4v) is 6.11. The van der Waals surface area contributed by atoms with E-state index >= 15 is 0 Å². The first kappa shape index (κ1) is 23.2. The first-order valence-corrected chi connectivity index (χ1v) is 13.3. The SMILES string of the molecule is CCCC(C)CN1CCC(c2nc(C(=O)Nc3ccccc3N3CCCCC3)cs2)CC1. The lowest BCUT2D eigenvalue weighted by molar-refractivity contribution is 0.102. The van der Waals surface area contributed by atoms with Crippen LogP contribution >= 0.6 is 11.3 Å². The number of nitrogens with one attached hydrogen (secondary N) is 1. The van der Waals surface area contributed by atoms with E-state index in [0.29, 0.717) is 11.6 Å². The van der Waals surface area contributed by atoms with Gasteiger partial charge in [-0.05, 0) is 69.7 Å². The molecular weight excluding hydrogens is 416 g/mol. The van der Waals surface area contributed by atoms with Crippen LogP contribution in [0.3, 0.4) is 0 Å². The van der Waals surface area contributed by atoms with Gasteiger partial charge in [0.2, 0.25) is 0 Å². The summed E-state index contributed by atoms with van der Waals surface area (Å²) in [5.74, 6) is 1.17. The molecular formula is C26H38N4OS. The highest BCUT2D eigenvalue weighted by atomic mass is 32.1. The second-order valence-corrected chi connectivity index (χ2v) is 10.4. The number of amides is 1. The van der Waals surface area contributed by atoms with Crippen molar-refractivity contribution in [2.45, 2.75) is 64.7 Å². The molecule has 6 heteroatoms. The molecule has 1 atom stereocenters. The van der Waals surface area contributed by atoms with Gasteiger partial charge in [0.15, 0.2) is 0 Å². The molecule has 1 unspecified atom stereocenters. The minimum absolute atomic E-state index is 0.0946. The molecule has 2 aromatic rings. The largest absolute Gasteiger partial charge is 0.370 e. The number of hydrogen-bond donors (Lipinski definition) is 1. The summed E-state index contributed by atoms with van der Waals surface area (Å²) in [5.41, 5.74) is 2.57. The van der Waals surface area contributed by atoms with Gasteiger partial charge in [-0.15, -0.1) is 11.3 Å². The van der Waals surface area contributed by atoms with E-state index in [2.05, 4.69) is 41.1 Å². The molecule has 1 aromatic carbocycles. The summed E-state index contributed by atoms with van der Waals surface area (Å²) in [6.45, 7) is 10.2. The molecule has 2 aliphatic rings. The predicted octanol–water partition coefficient (Wildman–Crippen LogP) is 6.00. The number of rotatable bonds is 8. The number of carbonyl (C=O) groups excluding carboxylic acids is 1. The fraction of sp³-hybridized carbons (Fsp3) is 0.615. The van der Waals surface area contributed by atoms with E-state index in [1.807, 2.05) is 17.5 Å². The van der Waals surface area contributed by atoms with Gasteiger partial charge in [-0.3, -0.25) is 4.79 Å². The number of aromatic nitrogens is 1. The van der Waals surface area contributed by atoms with Crippen LogP contribution in [0.4, 0.5) is 11.4 Å². The number of nitrogens with zero attached hydrogens (tertiary/aromatic N) is 3. The summed E-state index contributed by atoms with van der Waals surface area (Å²) >= 11 is 1.65. The Kier molecular flexibility index (Phi) is 8.20. The van der Waals surface area contributed by atoms with Gasteiger partial charge >= 0.3 is 0 Å². The number of likely N-dealkylation sites (tertiary alicyclic amines) is 1. The normalized spacial score (nSPS) is 19.1. The van der Waals surface area contributed by atoms with Crippen molar-refractivity contribution in [1.82, 2.24) is 9.88 Å². The Morgan fingerprint density at radius 2 is 1.91 bits per heavy atom. The second-order valence-electron chi connectivity index (χ2n) is 9.56. The van der Waals surface area contributed by atoms with Gasteiger partial charge in [0.05, 0.1) is 16.4 Å². The van der Waals surface area contributed by atoms with Gasteiger partial charge in [0.1, 0.15) is 5.69 Å². The molecule has 2 fully saturated rings. The van der Waals surface area contributed by atoms with E-state index in [1.165, 1.54) is 38.6 Å². The van der Waals surface area contributed by atoms with Crippen molar-refractivity contribution >= 4 is 28.6 Å². The lowest BCUT2D eigenvalue weighted by Crippen LogP contribution is -2.36. The summed E-state index contributed by atoms with van der Waals surface area (Å²) < 4.78 is 0. The molecule has 0 saturated carbocycles. The average Bonchev–Trinajstić information content (AvgIpc) is 3.31. The Hall–Kier alpha value is -1.92. The number of para-hydroxylation sites is 2. The van der Waals surface area contributed by atoms with E-state index in [0.717, 1.165) is 61.3 Å². The monoisotopic (exact) mass is 454 g/mol. The van der Waals surface area contributed by atoms with Crippen LogP contribution in [-0.2, 0) is 0 Å². The maximum Gasteiger partial charge on any atom is 0.275 e. The fourth-order valence-electron chi connectivity index (χ4n) is 5.14. The van der Waals surface area contributed by atoms with Gasteiger partial charge in [-0.2, -0.15) is 0 Å². The number of thiazole rings is 1. The Labute approximate surface area is 197 Å². The molecule has 32 heavy (non-hydrogen) atoms. The number of carbonyl (C=O) groups is 1. The summed E-state index contributed by atoms with van der Waals surface area (Å²) in [4.78, 5) is 22.7. The molecule has 0 bridgehead atoms. The van der Waals surface area contributed by atoms with E-state index in [4.69, 9.17) is 4.98 Å². The van der Waals surface area contributed by atoms with Crippen molar-refractivity contribution in [3.05, 3.63) is 40.3 Å². The summed E-state index contributed by atoms with van der Waals surface area (Å²) in [7, 11) is 0. The van der Waals surface area contributed by atoms with Crippen molar-refractivity contribution in [3.8, 4) is 0 Å². The highest BCUT2D eigenvalue weighted by Gasteiger charge is 2.25. The molecule has 5 nitrogen and oxygen atoms in total. The maximum atomic E-state index is 13.0. The Balaban J connectivity index is 1.34. The van der Waals surface area contributed by atoms with Crippen LogP contribution in [-0.4, -0.2) is 48.5 Å². The maximum absolute atomic E-state index is 13.0. The van der Waals surface area contributed by atoms with Gasteiger partial charge in [0, 0.05) is 30.9 Å². The van der Waals surface area contributed by atoms with Gasteiger partial charge in [-0.1, -0.05) is 32.4 Å². The first-order chi connectivity index (χ1) is 15.6. The molecule has 0 radical (unpaired) electrons. The summed E-state index contributed by atoms with van der Waals surface area (Å²) in [5, 5.41) is 6.20. The van der Waals surface area contributed by atoms with Crippen molar-refractivity contribution in [2.75, 3.05) is 42.9 Å². The lowest BCUT2D eigenvalue weighted by atomic mass is 9.96. The van der Waals surface area contributed by atoms with Crippen LogP contribution in [0, 0.1) is 5.92 Å². The van der Waals surface area contributed by atoms with Crippen LogP contribution in [0.5, 0.6) is 0 Å². The molecule has 2 aliphatic heterocycles. The summed E-state index contributed by atoms with van der Waals surface area (Å²) in [6.07, 6.45) is 8.59. The van der Waals surface area contributed by atoms with Crippen LogP contribution in [0.25, 0.3) is 0 Å². The van der Waals surface area contributed by atoms with Crippen LogP contribution in [0.15, 0.2) is 29.6 Å².